The van der Waals surface area contributed by atoms with Crippen LogP contribution in [0.5, 0.6) is 0 Å². The number of hydrogen-bond donors (Lipinski definition) is 1. The zero-order valence-electron chi connectivity index (χ0n) is 15.8. The van der Waals surface area contributed by atoms with Gasteiger partial charge in [-0.1, -0.05) is 12.1 Å². The van der Waals surface area contributed by atoms with Gasteiger partial charge in [-0.15, -0.1) is 11.3 Å². The zero-order chi connectivity index (χ0) is 20.3. The minimum absolute atomic E-state index is 0.209. The van der Waals surface area contributed by atoms with Gasteiger partial charge in [0.05, 0.1) is 19.3 Å². The highest BCUT2D eigenvalue weighted by atomic mass is 32.1. The fourth-order valence-corrected chi connectivity index (χ4v) is 4.07. The van der Waals surface area contributed by atoms with Crippen molar-refractivity contribution in [1.29, 1.82) is 0 Å². The normalized spacial score (nSPS) is 10.7. The van der Waals surface area contributed by atoms with Gasteiger partial charge in [-0.2, -0.15) is 0 Å². The van der Waals surface area contributed by atoms with E-state index in [0.717, 1.165) is 5.56 Å². The van der Waals surface area contributed by atoms with Crippen molar-refractivity contribution in [2.45, 2.75) is 20.4 Å². The number of halogens is 1. The zero-order valence-corrected chi connectivity index (χ0v) is 16.6. The first kappa shape index (κ1) is 19.8. The van der Waals surface area contributed by atoms with Crippen LogP contribution in [-0.4, -0.2) is 25.7 Å². The van der Waals surface area contributed by atoms with Crippen LogP contribution in [0.2, 0.25) is 0 Å². The van der Waals surface area contributed by atoms with Crippen LogP contribution in [0.4, 0.5) is 10.1 Å². The van der Waals surface area contributed by atoms with Crippen LogP contribution < -0.4 is 5.32 Å². The molecule has 0 saturated heterocycles. The van der Waals surface area contributed by atoms with E-state index in [-0.39, 0.29) is 19.0 Å². The summed E-state index contributed by atoms with van der Waals surface area (Å²) in [6.07, 6.45) is 0. The molecule has 7 heteroatoms. The standard InChI is InChI=1S/C21H20FNO4S/c1-4-27-21(25)19-14(18-15(22)6-5-7-17(18)28-19)11-23-16-10-13(20(24)26-3)9-8-12(16)2/h5-10,23H,4,11H2,1-3H3. The van der Waals surface area contributed by atoms with E-state index in [1.807, 2.05) is 6.92 Å². The number of nitrogens with one attached hydrogen (secondary N) is 1. The van der Waals surface area contributed by atoms with E-state index in [1.165, 1.54) is 24.5 Å². The van der Waals surface area contributed by atoms with Gasteiger partial charge in [0.2, 0.25) is 0 Å². The Labute approximate surface area is 166 Å². The Morgan fingerprint density at radius 2 is 1.96 bits per heavy atom. The van der Waals surface area contributed by atoms with Crippen LogP contribution in [0.15, 0.2) is 36.4 Å². The number of benzene rings is 2. The molecule has 0 fully saturated rings. The van der Waals surface area contributed by atoms with Crippen LogP contribution >= 0.6 is 11.3 Å². The maximum atomic E-state index is 14.5. The molecule has 0 atom stereocenters. The van der Waals surface area contributed by atoms with Crippen molar-refractivity contribution >= 4 is 39.0 Å². The predicted octanol–water partition coefficient (Wildman–Crippen LogP) is 4.92. The number of carbonyl (C=O) groups is 2. The Morgan fingerprint density at radius 3 is 2.68 bits per heavy atom. The van der Waals surface area contributed by atoms with E-state index in [4.69, 9.17) is 9.47 Å². The Bertz CT molecular complexity index is 1040. The fourth-order valence-electron chi connectivity index (χ4n) is 2.94. The van der Waals surface area contributed by atoms with Crippen LogP contribution in [0, 0.1) is 12.7 Å². The topological polar surface area (TPSA) is 64.6 Å². The molecule has 0 bridgehead atoms. The summed E-state index contributed by atoms with van der Waals surface area (Å²) in [6.45, 7) is 4.07. The van der Waals surface area contributed by atoms with Gasteiger partial charge in [-0.05, 0) is 43.7 Å². The van der Waals surface area contributed by atoms with Crippen LogP contribution in [0.3, 0.4) is 0 Å². The van der Waals surface area contributed by atoms with Crippen LogP contribution in [0.1, 0.15) is 38.1 Å². The molecule has 0 radical (unpaired) electrons. The molecule has 5 nitrogen and oxygen atoms in total. The van der Waals surface area contributed by atoms with E-state index in [2.05, 4.69) is 5.32 Å². The number of hydrogen-bond acceptors (Lipinski definition) is 6. The largest absolute Gasteiger partial charge is 0.465 e. The molecular weight excluding hydrogens is 381 g/mol. The number of aryl methyl sites for hydroxylation is 1. The van der Waals surface area contributed by atoms with E-state index >= 15 is 0 Å². The molecule has 1 N–H and O–H groups in total. The Balaban J connectivity index is 1.99. The second-order valence-electron chi connectivity index (χ2n) is 6.12. The summed E-state index contributed by atoms with van der Waals surface area (Å²) in [5.74, 6) is -1.30. The van der Waals surface area contributed by atoms with Crippen LogP contribution in [-0.2, 0) is 16.0 Å². The Morgan fingerprint density at radius 1 is 1.18 bits per heavy atom. The summed E-state index contributed by atoms with van der Waals surface area (Å²) in [4.78, 5) is 24.5. The first-order valence-corrected chi connectivity index (χ1v) is 9.57. The molecule has 0 saturated carbocycles. The fraction of sp³-hybridized carbons (Fsp3) is 0.238. The molecule has 146 valence electrons. The summed E-state index contributed by atoms with van der Waals surface area (Å²) in [5.41, 5.74) is 2.56. The number of esters is 2. The monoisotopic (exact) mass is 401 g/mol. The maximum absolute atomic E-state index is 14.5. The highest BCUT2D eigenvalue weighted by Gasteiger charge is 2.21. The maximum Gasteiger partial charge on any atom is 0.348 e. The Kier molecular flexibility index (Phi) is 5.94. The third-order valence-corrected chi connectivity index (χ3v) is 5.52. The van der Waals surface area contributed by atoms with Crippen molar-refractivity contribution in [3.8, 4) is 0 Å². The third kappa shape index (κ3) is 3.84. The number of anilines is 1. The minimum Gasteiger partial charge on any atom is -0.465 e. The molecule has 0 aliphatic heterocycles. The van der Waals surface area contributed by atoms with Gasteiger partial charge >= 0.3 is 11.9 Å². The highest BCUT2D eigenvalue weighted by molar-refractivity contribution is 7.21. The van der Waals surface area contributed by atoms with Gasteiger partial charge in [-0.25, -0.2) is 14.0 Å². The second kappa shape index (κ2) is 8.39. The summed E-state index contributed by atoms with van der Waals surface area (Å²) in [5, 5.41) is 3.62. The quantitative estimate of drug-likeness (QED) is 0.594. The van der Waals surface area contributed by atoms with Crippen molar-refractivity contribution in [2.24, 2.45) is 0 Å². The summed E-state index contributed by atoms with van der Waals surface area (Å²) >= 11 is 1.21. The average Bonchev–Trinajstić information content (AvgIpc) is 3.07. The molecular formula is C21H20FNO4S. The molecule has 0 unspecified atom stereocenters. The van der Waals surface area contributed by atoms with Crippen LogP contribution in [0.25, 0.3) is 10.1 Å². The summed E-state index contributed by atoms with van der Waals surface area (Å²) < 4.78 is 25.1. The summed E-state index contributed by atoms with van der Waals surface area (Å²) in [7, 11) is 1.32. The molecule has 0 spiro atoms. The first-order chi connectivity index (χ1) is 13.5. The molecule has 1 heterocycles. The van der Waals surface area contributed by atoms with Gasteiger partial charge < -0.3 is 14.8 Å². The number of fused-ring (bicyclic) bond motifs is 1. The molecule has 3 rings (SSSR count). The van der Waals surface area contributed by atoms with Crippen molar-refractivity contribution < 1.29 is 23.5 Å². The smallest absolute Gasteiger partial charge is 0.348 e. The third-order valence-electron chi connectivity index (χ3n) is 4.34. The minimum atomic E-state index is -0.472. The summed E-state index contributed by atoms with van der Waals surface area (Å²) in [6, 6.07) is 9.92. The Hall–Kier alpha value is -2.93. The van der Waals surface area contributed by atoms with E-state index in [9.17, 15) is 14.0 Å². The first-order valence-electron chi connectivity index (χ1n) is 8.76. The molecule has 28 heavy (non-hydrogen) atoms. The van der Waals surface area contributed by atoms with E-state index < -0.39 is 11.9 Å². The second-order valence-corrected chi connectivity index (χ2v) is 7.17. The molecule has 0 aliphatic carbocycles. The number of rotatable bonds is 6. The molecule has 0 amide bonds. The predicted molar refractivity (Wildman–Crippen MR) is 108 cm³/mol. The molecule has 0 aliphatic rings. The van der Waals surface area contributed by atoms with E-state index in [0.29, 0.717) is 31.8 Å². The SMILES string of the molecule is CCOC(=O)c1sc2cccc(F)c2c1CNc1cc(C(=O)OC)ccc1C. The van der Waals surface area contributed by atoms with Gasteiger partial charge in [0.1, 0.15) is 10.7 Å². The van der Waals surface area contributed by atoms with Crippen molar-refractivity contribution in [1.82, 2.24) is 0 Å². The lowest BCUT2D eigenvalue weighted by Crippen LogP contribution is -2.09. The lowest BCUT2D eigenvalue weighted by atomic mass is 10.1. The number of ether oxygens (including phenoxy) is 2. The number of methoxy groups -OCH3 is 1. The number of carbonyl (C=O) groups excluding carboxylic acids is 2. The van der Waals surface area contributed by atoms with Gasteiger partial charge in [-0.3, -0.25) is 0 Å². The van der Waals surface area contributed by atoms with Gasteiger partial charge in [0, 0.05) is 27.9 Å². The lowest BCUT2D eigenvalue weighted by Gasteiger charge is -2.12. The molecule has 3 aromatic rings. The van der Waals surface area contributed by atoms with Crippen molar-refractivity contribution in [2.75, 3.05) is 19.0 Å². The van der Waals surface area contributed by atoms with Gasteiger partial charge in [0.25, 0.3) is 0 Å². The van der Waals surface area contributed by atoms with E-state index in [1.54, 1.807) is 37.3 Å². The molecule has 1 aromatic heterocycles. The molecule has 2 aromatic carbocycles. The number of thiophene rings is 1. The average molecular weight is 401 g/mol. The van der Waals surface area contributed by atoms with Crippen molar-refractivity contribution in [3.05, 3.63) is 63.8 Å². The highest BCUT2D eigenvalue weighted by Crippen LogP contribution is 2.34. The van der Waals surface area contributed by atoms with Gasteiger partial charge in [0.15, 0.2) is 0 Å². The van der Waals surface area contributed by atoms with Crippen molar-refractivity contribution in [3.63, 3.8) is 0 Å². The lowest BCUT2D eigenvalue weighted by molar-refractivity contribution is 0.0530.